The number of aryl methyl sites for hydroxylation is 1. The van der Waals surface area contributed by atoms with Crippen molar-refractivity contribution in [3.63, 3.8) is 0 Å². The number of hydrogen-bond acceptors (Lipinski definition) is 4. The molecule has 0 spiro atoms. The van der Waals surface area contributed by atoms with Gasteiger partial charge in [0.15, 0.2) is 12.4 Å². The molecule has 22 heavy (non-hydrogen) atoms. The van der Waals surface area contributed by atoms with Gasteiger partial charge in [-0.1, -0.05) is 0 Å². The van der Waals surface area contributed by atoms with Crippen molar-refractivity contribution < 1.29 is 4.57 Å². The third-order valence-electron chi connectivity index (χ3n) is 3.69. The van der Waals surface area contributed by atoms with Crippen LogP contribution in [0.3, 0.4) is 0 Å². The molecule has 4 rings (SSSR count). The van der Waals surface area contributed by atoms with E-state index < -0.39 is 0 Å². The zero-order valence-corrected chi connectivity index (χ0v) is 13.1. The molecule has 0 bridgehead atoms. The molecule has 6 nitrogen and oxygen atoms in total. The topological polar surface area (TPSA) is 73.0 Å². The van der Waals surface area contributed by atoms with Crippen molar-refractivity contribution in [1.82, 2.24) is 14.8 Å². The molecule has 3 aromatic rings. The molecule has 0 atom stereocenters. The highest BCUT2D eigenvalue weighted by Crippen LogP contribution is 2.24. The molecule has 2 N–H and O–H groups in total. The van der Waals surface area contributed by atoms with Gasteiger partial charge in [-0.2, -0.15) is 5.10 Å². The van der Waals surface area contributed by atoms with Crippen LogP contribution >= 0.6 is 11.3 Å². The molecule has 0 radical (unpaired) electrons. The molecule has 0 aliphatic heterocycles. The van der Waals surface area contributed by atoms with E-state index in [0.717, 1.165) is 34.4 Å². The lowest BCUT2D eigenvalue weighted by atomic mass is 10.3. The Morgan fingerprint density at radius 1 is 1.55 bits per heavy atom. The second-order valence-electron chi connectivity index (χ2n) is 5.63. The predicted octanol–water partition coefficient (Wildman–Crippen LogP) is 1.23. The Kier molecular flexibility index (Phi) is 3.15. The Morgan fingerprint density at radius 3 is 3.23 bits per heavy atom. The van der Waals surface area contributed by atoms with Crippen molar-refractivity contribution in [3.05, 3.63) is 40.7 Å². The van der Waals surface area contributed by atoms with Gasteiger partial charge in [-0.15, -0.1) is 11.3 Å². The summed E-state index contributed by atoms with van der Waals surface area (Å²) in [5.74, 6) is 0.557. The van der Waals surface area contributed by atoms with Gasteiger partial charge >= 0.3 is 0 Å². The first-order chi connectivity index (χ1) is 10.7. The van der Waals surface area contributed by atoms with Gasteiger partial charge in [-0.05, 0) is 12.8 Å². The van der Waals surface area contributed by atoms with Crippen LogP contribution in [0.25, 0.3) is 10.9 Å². The van der Waals surface area contributed by atoms with E-state index in [1.165, 1.54) is 0 Å². The molecule has 7 heteroatoms. The van der Waals surface area contributed by atoms with Crippen LogP contribution in [0.2, 0.25) is 0 Å². The number of thiazole rings is 1. The summed E-state index contributed by atoms with van der Waals surface area (Å²) in [7, 11) is 2.01. The summed E-state index contributed by atoms with van der Waals surface area (Å²) >= 11 is 1.60. The van der Waals surface area contributed by atoms with E-state index in [4.69, 9.17) is 5.73 Å². The van der Waals surface area contributed by atoms with Crippen molar-refractivity contribution in [2.45, 2.75) is 25.4 Å². The molecule has 1 fully saturated rings. The van der Waals surface area contributed by atoms with E-state index in [-0.39, 0.29) is 0 Å². The van der Waals surface area contributed by atoms with Gasteiger partial charge in [0.05, 0.1) is 18.8 Å². The summed E-state index contributed by atoms with van der Waals surface area (Å²) in [5, 5.41) is 8.54. The number of aliphatic imine (C=N–C) groups is 1. The summed E-state index contributed by atoms with van der Waals surface area (Å²) in [5.41, 5.74) is 7.89. The first-order valence-electron chi connectivity index (χ1n) is 7.28. The fourth-order valence-corrected chi connectivity index (χ4v) is 3.10. The molecule has 112 valence electrons. The van der Waals surface area contributed by atoms with Crippen molar-refractivity contribution in [2.75, 3.05) is 0 Å². The van der Waals surface area contributed by atoms with Gasteiger partial charge in [0.25, 0.3) is 0 Å². The molecular weight excluding hydrogens is 296 g/mol. The van der Waals surface area contributed by atoms with Crippen LogP contribution in [0, 0.1) is 0 Å². The van der Waals surface area contributed by atoms with E-state index in [1.807, 2.05) is 34.1 Å². The van der Waals surface area contributed by atoms with Crippen LogP contribution in [-0.4, -0.2) is 26.6 Å². The van der Waals surface area contributed by atoms with Gasteiger partial charge in [0, 0.05) is 16.8 Å². The Labute approximate surface area is 131 Å². The number of nitrogens with zero attached hydrogens (tertiary/aromatic N) is 5. The SMILES string of the molecule is C[n+]1ccc2cnn(Cc3nc(C(N)=NC4CC4)cs3)c2c1. The third kappa shape index (κ3) is 2.59. The minimum absolute atomic E-state index is 0.417. The molecular formula is C15H17N6S+. The smallest absolute Gasteiger partial charge is 0.194 e. The quantitative estimate of drug-likeness (QED) is 0.447. The summed E-state index contributed by atoms with van der Waals surface area (Å²) in [6.07, 6.45) is 8.26. The Bertz CT molecular complexity index is 858. The van der Waals surface area contributed by atoms with Crippen LogP contribution in [0.15, 0.2) is 35.0 Å². The Hall–Kier alpha value is -2.28. The predicted molar refractivity (Wildman–Crippen MR) is 85.9 cm³/mol. The molecule has 0 unspecified atom stereocenters. The van der Waals surface area contributed by atoms with Crippen molar-refractivity contribution >= 4 is 28.1 Å². The maximum atomic E-state index is 6.00. The van der Waals surface area contributed by atoms with Gasteiger partial charge in [-0.25, -0.2) is 9.55 Å². The van der Waals surface area contributed by atoms with Crippen LogP contribution in [0.4, 0.5) is 0 Å². The van der Waals surface area contributed by atoms with E-state index >= 15 is 0 Å². The summed E-state index contributed by atoms with van der Waals surface area (Å²) in [6.45, 7) is 0.648. The monoisotopic (exact) mass is 313 g/mol. The first kappa shape index (κ1) is 13.4. The van der Waals surface area contributed by atoms with Gasteiger partial charge in [0.1, 0.15) is 29.1 Å². The minimum atomic E-state index is 0.417. The molecule has 1 saturated carbocycles. The number of rotatable bonds is 4. The van der Waals surface area contributed by atoms with Gasteiger partial charge in [0.2, 0.25) is 0 Å². The molecule has 3 heterocycles. The third-order valence-corrected chi connectivity index (χ3v) is 4.53. The van der Waals surface area contributed by atoms with Crippen molar-refractivity contribution in [1.29, 1.82) is 0 Å². The number of amidine groups is 1. The first-order valence-corrected chi connectivity index (χ1v) is 8.16. The highest BCUT2D eigenvalue weighted by Gasteiger charge is 2.21. The fraction of sp³-hybridized carbons (Fsp3) is 0.333. The average molecular weight is 313 g/mol. The lowest BCUT2D eigenvalue weighted by Gasteiger charge is -1.99. The molecule has 0 amide bonds. The highest BCUT2D eigenvalue weighted by molar-refractivity contribution is 7.09. The van der Waals surface area contributed by atoms with Crippen molar-refractivity contribution in [3.8, 4) is 0 Å². The molecule has 0 aromatic carbocycles. The zero-order chi connectivity index (χ0) is 15.1. The summed E-state index contributed by atoms with van der Waals surface area (Å²) in [6, 6.07) is 2.48. The highest BCUT2D eigenvalue weighted by atomic mass is 32.1. The maximum Gasteiger partial charge on any atom is 0.194 e. The van der Waals surface area contributed by atoms with Gasteiger partial charge < -0.3 is 5.73 Å². The number of pyridine rings is 1. The standard InChI is InChI=1S/C15H17N6S/c1-20-5-4-10-6-17-21(13(10)7-20)8-14-19-12(9-22-14)15(16)18-11-2-3-11/h4-7,9,11H,2-3,8H2,1H3,(H2,16,18)/q+1. The Morgan fingerprint density at radius 2 is 2.41 bits per heavy atom. The largest absolute Gasteiger partial charge is 0.382 e. The normalized spacial score (nSPS) is 15.6. The van der Waals surface area contributed by atoms with Crippen molar-refractivity contribution in [2.24, 2.45) is 17.8 Å². The van der Waals surface area contributed by atoms with E-state index in [9.17, 15) is 0 Å². The molecule has 3 aromatic heterocycles. The fourth-order valence-electron chi connectivity index (χ4n) is 2.33. The second-order valence-corrected chi connectivity index (χ2v) is 6.57. The second kappa shape index (κ2) is 5.17. The number of nitrogens with two attached hydrogens (primary N) is 1. The van der Waals surface area contributed by atoms with Crippen LogP contribution in [0.1, 0.15) is 23.5 Å². The van der Waals surface area contributed by atoms with Gasteiger partial charge in [-0.3, -0.25) is 9.67 Å². The van der Waals surface area contributed by atoms with Crippen LogP contribution in [0.5, 0.6) is 0 Å². The average Bonchev–Trinajstić information content (AvgIpc) is 3.05. The summed E-state index contributed by atoms with van der Waals surface area (Å²) in [4.78, 5) is 9.03. The van der Waals surface area contributed by atoms with Crippen LogP contribution < -0.4 is 10.3 Å². The molecule has 1 aliphatic carbocycles. The Balaban J connectivity index is 1.60. The van der Waals surface area contributed by atoms with E-state index in [0.29, 0.717) is 18.4 Å². The van der Waals surface area contributed by atoms with E-state index in [1.54, 1.807) is 11.3 Å². The summed E-state index contributed by atoms with van der Waals surface area (Å²) < 4.78 is 3.99. The van der Waals surface area contributed by atoms with E-state index in [2.05, 4.69) is 27.3 Å². The van der Waals surface area contributed by atoms with Crippen LogP contribution in [-0.2, 0) is 13.6 Å². The lowest BCUT2D eigenvalue weighted by Crippen LogP contribution is -2.26. The minimum Gasteiger partial charge on any atom is -0.382 e. The molecule has 1 aliphatic rings. The number of fused-ring (bicyclic) bond motifs is 1. The molecule has 0 saturated heterocycles. The zero-order valence-electron chi connectivity index (χ0n) is 12.3. The maximum absolute atomic E-state index is 6.00. The lowest BCUT2D eigenvalue weighted by molar-refractivity contribution is -0.670. The number of hydrogen-bond donors (Lipinski definition) is 1. The number of aromatic nitrogens is 4.